The van der Waals surface area contributed by atoms with Crippen molar-refractivity contribution in [1.82, 2.24) is 0 Å². The van der Waals surface area contributed by atoms with Gasteiger partial charge in [0.15, 0.2) is 0 Å². The number of hydrogen-bond donors (Lipinski definition) is 2. The van der Waals surface area contributed by atoms with Crippen molar-refractivity contribution in [2.24, 2.45) is 5.92 Å². The number of halogens is 2. The van der Waals surface area contributed by atoms with Gasteiger partial charge in [0.1, 0.15) is 0 Å². The monoisotopic (exact) mass is 301 g/mol. The zero-order valence-corrected chi connectivity index (χ0v) is 11.6. The first kappa shape index (κ1) is 14.2. The van der Waals surface area contributed by atoms with Crippen molar-refractivity contribution in [3.8, 4) is 0 Å². The molecule has 1 aliphatic rings. The molecule has 1 saturated carbocycles. The van der Waals surface area contributed by atoms with Gasteiger partial charge in [-0.05, 0) is 30.9 Å². The number of anilines is 1. The molecule has 1 aliphatic carbocycles. The van der Waals surface area contributed by atoms with E-state index in [4.69, 9.17) is 28.3 Å². The van der Waals surface area contributed by atoms with E-state index in [9.17, 15) is 9.59 Å². The molecule has 1 aromatic carbocycles. The Morgan fingerprint density at radius 2 is 1.84 bits per heavy atom. The maximum Gasteiger partial charge on any atom is 0.335 e. The standard InChI is InChI=1S/C13H13Cl2NO3/c14-9-5-8(13(18)19)6-10(15)12(9)16-11(17)4-7-2-1-3-7/h5-7H,1-4H2,(H,16,17)(H,18,19). The molecule has 102 valence electrons. The van der Waals surface area contributed by atoms with Gasteiger partial charge >= 0.3 is 5.97 Å². The fourth-order valence-electron chi connectivity index (χ4n) is 1.97. The Morgan fingerprint density at radius 3 is 2.26 bits per heavy atom. The molecule has 6 heteroatoms. The summed E-state index contributed by atoms with van der Waals surface area (Å²) in [6.07, 6.45) is 3.78. The number of aromatic carboxylic acids is 1. The molecule has 0 unspecified atom stereocenters. The molecule has 4 nitrogen and oxygen atoms in total. The fourth-order valence-corrected chi connectivity index (χ4v) is 2.55. The summed E-state index contributed by atoms with van der Waals surface area (Å²) in [6, 6.07) is 2.55. The van der Waals surface area contributed by atoms with Gasteiger partial charge in [-0.25, -0.2) is 4.79 Å². The van der Waals surface area contributed by atoms with E-state index in [1.54, 1.807) is 0 Å². The third kappa shape index (κ3) is 3.39. The number of carboxylic acid groups (broad SMARTS) is 1. The van der Waals surface area contributed by atoms with Crippen molar-refractivity contribution >= 4 is 40.8 Å². The van der Waals surface area contributed by atoms with Crippen LogP contribution in [-0.2, 0) is 4.79 Å². The summed E-state index contributed by atoms with van der Waals surface area (Å²) in [5.74, 6) is -0.816. The predicted octanol–water partition coefficient (Wildman–Crippen LogP) is 3.82. The highest BCUT2D eigenvalue weighted by molar-refractivity contribution is 6.40. The molecular weight excluding hydrogens is 289 g/mol. The van der Waals surface area contributed by atoms with Crippen LogP contribution in [0.5, 0.6) is 0 Å². The summed E-state index contributed by atoms with van der Waals surface area (Å²) in [7, 11) is 0. The molecule has 1 amide bonds. The number of rotatable bonds is 4. The predicted molar refractivity (Wildman–Crippen MR) is 74.0 cm³/mol. The minimum atomic E-state index is -1.11. The van der Waals surface area contributed by atoms with E-state index in [2.05, 4.69) is 5.32 Å². The summed E-state index contributed by atoms with van der Waals surface area (Å²) in [5, 5.41) is 11.8. The fraction of sp³-hybridized carbons (Fsp3) is 0.385. The average molecular weight is 302 g/mol. The van der Waals surface area contributed by atoms with Crippen molar-refractivity contribution < 1.29 is 14.7 Å². The first-order chi connectivity index (χ1) is 8.97. The van der Waals surface area contributed by atoms with Crippen LogP contribution in [0.1, 0.15) is 36.0 Å². The van der Waals surface area contributed by atoms with E-state index in [1.807, 2.05) is 0 Å². The van der Waals surface area contributed by atoms with Crippen molar-refractivity contribution in [2.45, 2.75) is 25.7 Å². The van der Waals surface area contributed by atoms with Crippen molar-refractivity contribution in [1.29, 1.82) is 0 Å². The van der Waals surface area contributed by atoms with Gasteiger partial charge in [-0.1, -0.05) is 29.6 Å². The van der Waals surface area contributed by atoms with E-state index in [1.165, 1.54) is 18.6 Å². The van der Waals surface area contributed by atoms with Crippen LogP contribution >= 0.6 is 23.2 Å². The van der Waals surface area contributed by atoms with E-state index in [-0.39, 0.29) is 27.2 Å². The van der Waals surface area contributed by atoms with Crippen molar-refractivity contribution in [3.05, 3.63) is 27.7 Å². The van der Waals surface area contributed by atoms with Crippen molar-refractivity contribution in [3.63, 3.8) is 0 Å². The Morgan fingerprint density at radius 1 is 1.26 bits per heavy atom. The molecular formula is C13H13Cl2NO3. The zero-order valence-electron chi connectivity index (χ0n) is 10.1. The lowest BCUT2D eigenvalue weighted by molar-refractivity contribution is -0.117. The Balaban J connectivity index is 2.11. The molecule has 0 atom stereocenters. The molecule has 0 aliphatic heterocycles. The maximum absolute atomic E-state index is 11.8. The molecule has 19 heavy (non-hydrogen) atoms. The van der Waals surface area contributed by atoms with Crippen LogP contribution < -0.4 is 5.32 Å². The van der Waals surface area contributed by atoms with Gasteiger partial charge in [-0.3, -0.25) is 4.79 Å². The third-order valence-electron chi connectivity index (χ3n) is 3.25. The molecule has 1 aromatic rings. The summed E-state index contributed by atoms with van der Waals surface area (Å²) in [5.41, 5.74) is 0.268. The summed E-state index contributed by atoms with van der Waals surface area (Å²) >= 11 is 11.9. The Labute approximate surface area is 120 Å². The van der Waals surface area contributed by atoms with Gasteiger partial charge in [0, 0.05) is 6.42 Å². The van der Waals surface area contributed by atoms with Crippen LogP contribution in [0.2, 0.25) is 10.0 Å². The van der Waals surface area contributed by atoms with Crippen LogP contribution in [0, 0.1) is 5.92 Å². The van der Waals surface area contributed by atoms with Crippen LogP contribution in [0.25, 0.3) is 0 Å². The number of hydrogen-bond acceptors (Lipinski definition) is 2. The topological polar surface area (TPSA) is 66.4 Å². The molecule has 0 heterocycles. The molecule has 0 radical (unpaired) electrons. The molecule has 0 spiro atoms. The van der Waals surface area contributed by atoms with E-state index in [0.29, 0.717) is 12.3 Å². The second-order valence-corrected chi connectivity index (χ2v) is 5.48. The first-order valence-electron chi connectivity index (χ1n) is 5.99. The number of nitrogens with one attached hydrogen (secondary N) is 1. The number of amides is 1. The largest absolute Gasteiger partial charge is 0.478 e. The minimum Gasteiger partial charge on any atom is -0.478 e. The highest BCUT2D eigenvalue weighted by Gasteiger charge is 2.22. The van der Waals surface area contributed by atoms with Gasteiger partial charge in [0.25, 0.3) is 0 Å². The number of benzene rings is 1. The molecule has 0 aromatic heterocycles. The second-order valence-electron chi connectivity index (χ2n) is 4.67. The van der Waals surface area contributed by atoms with Crippen molar-refractivity contribution in [2.75, 3.05) is 5.32 Å². The molecule has 0 saturated heterocycles. The summed E-state index contributed by atoms with van der Waals surface area (Å²) < 4.78 is 0. The van der Waals surface area contributed by atoms with Crippen LogP contribution in [-0.4, -0.2) is 17.0 Å². The lowest BCUT2D eigenvalue weighted by atomic mass is 9.83. The zero-order chi connectivity index (χ0) is 14.0. The smallest absolute Gasteiger partial charge is 0.335 e. The van der Waals surface area contributed by atoms with E-state index >= 15 is 0 Å². The van der Waals surface area contributed by atoms with E-state index < -0.39 is 5.97 Å². The minimum absolute atomic E-state index is 0.00741. The maximum atomic E-state index is 11.8. The quantitative estimate of drug-likeness (QED) is 0.888. The molecule has 2 rings (SSSR count). The first-order valence-corrected chi connectivity index (χ1v) is 6.75. The highest BCUT2D eigenvalue weighted by Crippen LogP contribution is 2.34. The van der Waals surface area contributed by atoms with Crippen LogP contribution in [0.15, 0.2) is 12.1 Å². The third-order valence-corrected chi connectivity index (χ3v) is 3.85. The summed E-state index contributed by atoms with van der Waals surface area (Å²) in [4.78, 5) is 22.6. The SMILES string of the molecule is O=C(CC1CCC1)Nc1c(Cl)cc(C(=O)O)cc1Cl. The highest BCUT2D eigenvalue weighted by atomic mass is 35.5. The summed E-state index contributed by atoms with van der Waals surface area (Å²) in [6.45, 7) is 0. The Bertz CT molecular complexity index is 504. The number of carbonyl (C=O) groups excluding carboxylic acids is 1. The van der Waals surface area contributed by atoms with Crippen LogP contribution in [0.4, 0.5) is 5.69 Å². The van der Waals surface area contributed by atoms with E-state index in [0.717, 1.165) is 12.8 Å². The second kappa shape index (κ2) is 5.80. The van der Waals surface area contributed by atoms with Gasteiger partial charge < -0.3 is 10.4 Å². The van der Waals surface area contributed by atoms with Gasteiger partial charge in [0.2, 0.25) is 5.91 Å². The van der Waals surface area contributed by atoms with Gasteiger partial charge in [0.05, 0.1) is 21.3 Å². The average Bonchev–Trinajstić information content (AvgIpc) is 2.28. The lowest BCUT2D eigenvalue weighted by Crippen LogP contribution is -2.21. The molecule has 1 fully saturated rings. The molecule has 0 bridgehead atoms. The van der Waals surface area contributed by atoms with Gasteiger partial charge in [-0.15, -0.1) is 0 Å². The Kier molecular flexibility index (Phi) is 4.32. The number of carbonyl (C=O) groups is 2. The Hall–Kier alpha value is -1.26. The molecule has 2 N–H and O–H groups in total. The lowest BCUT2D eigenvalue weighted by Gasteiger charge is -2.24. The van der Waals surface area contributed by atoms with Gasteiger partial charge in [-0.2, -0.15) is 0 Å². The number of carboxylic acids is 1. The van der Waals surface area contributed by atoms with Crippen LogP contribution in [0.3, 0.4) is 0 Å². The normalized spacial score (nSPS) is 14.8.